The molecule has 2 N–H and O–H groups in total. The van der Waals surface area contributed by atoms with Crippen molar-refractivity contribution in [1.82, 2.24) is 14.7 Å². The Bertz CT molecular complexity index is 1010. The Labute approximate surface area is 145 Å². The molecule has 2 aromatic heterocycles. The average molecular weight is 361 g/mol. The maximum absolute atomic E-state index is 12.8. The maximum Gasteiger partial charge on any atom is 0.417 e. The first-order valence-electron chi connectivity index (χ1n) is 8.05. The van der Waals surface area contributed by atoms with E-state index in [2.05, 4.69) is 21.6 Å². The number of aromatic nitrogens is 2. The number of hydrogen-bond donors (Lipinski definition) is 2. The van der Waals surface area contributed by atoms with Crippen LogP contribution in [0.3, 0.4) is 0 Å². The topological polar surface area (TPSA) is 105 Å². The minimum absolute atomic E-state index is 0.0492. The molecule has 0 saturated heterocycles. The van der Waals surface area contributed by atoms with Crippen LogP contribution < -0.4 is 10.5 Å². The summed E-state index contributed by atoms with van der Waals surface area (Å²) in [7, 11) is -3.77. The summed E-state index contributed by atoms with van der Waals surface area (Å²) in [5.74, 6) is -0.617. The Morgan fingerprint density at radius 1 is 1.32 bits per heavy atom. The Kier molecular flexibility index (Phi) is 5.00. The molecular weight excluding hydrogens is 342 g/mol. The van der Waals surface area contributed by atoms with Gasteiger partial charge in [-0.25, -0.2) is 17.9 Å². The van der Waals surface area contributed by atoms with E-state index >= 15 is 0 Å². The molecule has 0 aliphatic heterocycles. The molecular formula is C17H19N3O4S. The zero-order chi connectivity index (χ0) is 17.9. The third kappa shape index (κ3) is 3.97. The molecule has 0 aliphatic rings. The van der Waals surface area contributed by atoms with E-state index in [0.29, 0.717) is 11.9 Å². The van der Waals surface area contributed by atoms with Crippen molar-refractivity contribution in [3.05, 3.63) is 58.8 Å². The number of hydrogen-bond acceptors (Lipinski definition) is 5. The highest BCUT2D eigenvalue weighted by atomic mass is 32.2. The fourth-order valence-electron chi connectivity index (χ4n) is 2.63. The second-order valence-electron chi connectivity index (χ2n) is 5.77. The number of unbranched alkanes of at least 4 members (excludes halogenated alkanes) is 1. The van der Waals surface area contributed by atoms with Crippen LogP contribution in [0.4, 0.5) is 0 Å². The summed E-state index contributed by atoms with van der Waals surface area (Å²) in [6, 6.07) is 7.56. The Morgan fingerprint density at radius 2 is 2.16 bits per heavy atom. The van der Waals surface area contributed by atoms with E-state index in [1.54, 1.807) is 18.5 Å². The molecule has 3 rings (SSSR count). The van der Waals surface area contributed by atoms with Crippen LogP contribution in [0, 0.1) is 0 Å². The van der Waals surface area contributed by atoms with Gasteiger partial charge in [0.1, 0.15) is 0 Å². The predicted octanol–water partition coefficient (Wildman–Crippen LogP) is 2.73. The van der Waals surface area contributed by atoms with Gasteiger partial charge in [-0.05, 0) is 30.2 Å². The van der Waals surface area contributed by atoms with Crippen LogP contribution in [-0.4, -0.2) is 18.4 Å². The fraction of sp³-hybridized carbons (Fsp3) is 0.294. The van der Waals surface area contributed by atoms with Crippen molar-refractivity contribution in [2.24, 2.45) is 0 Å². The van der Waals surface area contributed by atoms with Gasteiger partial charge in [0, 0.05) is 24.5 Å². The van der Waals surface area contributed by atoms with Gasteiger partial charge in [-0.3, -0.25) is 9.97 Å². The van der Waals surface area contributed by atoms with Gasteiger partial charge in [-0.2, -0.15) is 0 Å². The summed E-state index contributed by atoms with van der Waals surface area (Å²) in [5.41, 5.74) is 1.48. The predicted molar refractivity (Wildman–Crippen MR) is 93.7 cm³/mol. The van der Waals surface area contributed by atoms with Gasteiger partial charge in [-0.15, -0.1) is 0 Å². The van der Waals surface area contributed by atoms with Crippen LogP contribution in [0.5, 0.6) is 0 Å². The largest absolute Gasteiger partial charge is 0.417 e. The van der Waals surface area contributed by atoms with E-state index < -0.39 is 15.8 Å². The van der Waals surface area contributed by atoms with Crippen LogP contribution in [0.15, 0.2) is 56.8 Å². The molecule has 0 radical (unpaired) electrons. The lowest BCUT2D eigenvalue weighted by Crippen LogP contribution is -2.28. The maximum atomic E-state index is 12.8. The molecule has 0 unspecified atom stereocenters. The van der Waals surface area contributed by atoms with Crippen molar-refractivity contribution in [2.45, 2.75) is 37.1 Å². The number of nitrogens with zero attached hydrogens (tertiary/aromatic N) is 1. The highest BCUT2D eigenvalue weighted by Gasteiger charge is 2.22. The number of fused-ring (bicyclic) bond motifs is 1. The van der Waals surface area contributed by atoms with Gasteiger partial charge < -0.3 is 4.42 Å². The standard InChI is InChI=1S/C17H19N3O4S/c1-2-3-6-14(12-5-4-9-18-11-12)20-25(22,23)13-7-8-15-16(10-13)24-17(21)19-15/h4-5,7-11,14,20H,2-3,6H2,1H3,(H,19,21)/t14-/m0/s1. The van der Waals surface area contributed by atoms with Crippen molar-refractivity contribution in [3.8, 4) is 0 Å². The summed E-state index contributed by atoms with van der Waals surface area (Å²) >= 11 is 0. The zero-order valence-corrected chi connectivity index (χ0v) is 14.5. The first-order valence-corrected chi connectivity index (χ1v) is 9.53. The Morgan fingerprint density at radius 3 is 2.88 bits per heavy atom. The van der Waals surface area contributed by atoms with E-state index in [0.717, 1.165) is 18.4 Å². The van der Waals surface area contributed by atoms with E-state index in [4.69, 9.17) is 4.42 Å². The van der Waals surface area contributed by atoms with Crippen LogP contribution in [0.25, 0.3) is 11.1 Å². The summed E-state index contributed by atoms with van der Waals surface area (Å²) in [5, 5.41) is 0. The van der Waals surface area contributed by atoms with Gasteiger partial charge in [-0.1, -0.05) is 25.8 Å². The molecule has 132 valence electrons. The molecule has 0 aliphatic carbocycles. The average Bonchev–Trinajstić information content (AvgIpc) is 2.98. The van der Waals surface area contributed by atoms with Gasteiger partial charge >= 0.3 is 5.76 Å². The van der Waals surface area contributed by atoms with Crippen LogP contribution in [-0.2, 0) is 10.0 Å². The molecule has 3 aromatic rings. The minimum atomic E-state index is -3.77. The van der Waals surface area contributed by atoms with Gasteiger partial charge in [0.05, 0.1) is 10.4 Å². The number of rotatable bonds is 7. The van der Waals surface area contributed by atoms with Crippen LogP contribution >= 0.6 is 0 Å². The lowest BCUT2D eigenvalue weighted by atomic mass is 10.0. The summed E-state index contributed by atoms with van der Waals surface area (Å²) in [6.45, 7) is 2.05. The number of aromatic amines is 1. The molecule has 1 atom stereocenters. The van der Waals surface area contributed by atoms with E-state index in [-0.39, 0.29) is 16.5 Å². The molecule has 0 fully saturated rings. The molecule has 0 spiro atoms. The SMILES string of the molecule is CCCC[C@H](NS(=O)(=O)c1ccc2[nH]c(=O)oc2c1)c1cccnc1. The Balaban J connectivity index is 1.91. The molecule has 25 heavy (non-hydrogen) atoms. The number of pyridine rings is 1. The van der Waals surface area contributed by atoms with Crippen molar-refractivity contribution in [1.29, 1.82) is 0 Å². The monoisotopic (exact) mass is 361 g/mol. The Hall–Kier alpha value is -2.45. The van der Waals surface area contributed by atoms with Crippen LogP contribution in [0.1, 0.15) is 37.8 Å². The molecule has 0 saturated carbocycles. The highest BCUT2D eigenvalue weighted by molar-refractivity contribution is 7.89. The second kappa shape index (κ2) is 7.20. The van der Waals surface area contributed by atoms with Crippen molar-refractivity contribution in [3.63, 3.8) is 0 Å². The van der Waals surface area contributed by atoms with Gasteiger partial charge in [0.15, 0.2) is 5.58 Å². The van der Waals surface area contributed by atoms with E-state index in [9.17, 15) is 13.2 Å². The molecule has 8 heteroatoms. The first kappa shape index (κ1) is 17.4. The lowest BCUT2D eigenvalue weighted by molar-refractivity contribution is 0.524. The normalized spacial score (nSPS) is 13.2. The molecule has 0 bridgehead atoms. The first-order chi connectivity index (χ1) is 12.0. The molecule has 1 aromatic carbocycles. The number of nitrogens with one attached hydrogen (secondary N) is 2. The zero-order valence-electron chi connectivity index (χ0n) is 13.7. The molecule has 7 nitrogen and oxygen atoms in total. The fourth-order valence-corrected chi connectivity index (χ4v) is 3.91. The van der Waals surface area contributed by atoms with Crippen molar-refractivity contribution < 1.29 is 12.8 Å². The number of sulfonamides is 1. The second-order valence-corrected chi connectivity index (χ2v) is 7.49. The quantitative estimate of drug-likeness (QED) is 0.673. The van der Waals surface area contributed by atoms with Crippen LogP contribution in [0.2, 0.25) is 0 Å². The summed E-state index contributed by atoms with van der Waals surface area (Å²) in [4.78, 5) is 17.8. The smallest absolute Gasteiger partial charge is 0.408 e. The van der Waals surface area contributed by atoms with Gasteiger partial charge in [0.2, 0.25) is 10.0 Å². The van der Waals surface area contributed by atoms with Crippen molar-refractivity contribution >= 4 is 21.1 Å². The third-order valence-corrected chi connectivity index (χ3v) is 5.40. The molecule has 0 amide bonds. The van der Waals surface area contributed by atoms with E-state index in [1.807, 2.05) is 6.07 Å². The van der Waals surface area contributed by atoms with Gasteiger partial charge in [0.25, 0.3) is 0 Å². The van der Waals surface area contributed by atoms with Crippen molar-refractivity contribution in [2.75, 3.05) is 0 Å². The molecule has 2 heterocycles. The highest BCUT2D eigenvalue weighted by Crippen LogP contribution is 2.23. The summed E-state index contributed by atoms with van der Waals surface area (Å²) in [6.07, 6.45) is 5.82. The minimum Gasteiger partial charge on any atom is -0.408 e. The lowest BCUT2D eigenvalue weighted by Gasteiger charge is -2.18. The van der Waals surface area contributed by atoms with E-state index in [1.165, 1.54) is 18.2 Å². The number of benzene rings is 1. The number of oxazole rings is 1. The summed E-state index contributed by atoms with van der Waals surface area (Å²) < 4.78 is 33.2. The third-order valence-electron chi connectivity index (χ3n) is 3.93. The number of H-pyrrole nitrogens is 1.